The zero-order valence-electron chi connectivity index (χ0n) is 11.7. The molecule has 0 atom stereocenters. The van der Waals surface area contributed by atoms with Gasteiger partial charge in [-0.05, 0) is 57.7 Å². The first-order valence-corrected chi connectivity index (χ1v) is 10.3. The minimum Gasteiger partial charge on any atom is -0.314 e. The van der Waals surface area contributed by atoms with Gasteiger partial charge in [0, 0.05) is 17.3 Å². The lowest BCUT2D eigenvalue weighted by atomic mass is 9.96. The van der Waals surface area contributed by atoms with E-state index in [0.717, 1.165) is 37.5 Å². The van der Waals surface area contributed by atoms with E-state index >= 15 is 0 Å². The Morgan fingerprint density at radius 2 is 1.68 bits per heavy atom. The third-order valence-electron chi connectivity index (χ3n) is 3.95. The smallest absolute Gasteiger partial charge is 0.211 e. The zero-order valence-corrected chi connectivity index (χ0v) is 13.4. The van der Waals surface area contributed by atoms with E-state index in [1.54, 1.807) is 0 Å². The highest BCUT2D eigenvalue weighted by atomic mass is 32.2. The summed E-state index contributed by atoms with van der Waals surface area (Å²) in [5.41, 5.74) is 0. The summed E-state index contributed by atoms with van der Waals surface area (Å²) in [4.78, 5) is 0. The Balaban J connectivity index is 1.62. The molecule has 0 heterocycles. The van der Waals surface area contributed by atoms with Gasteiger partial charge in [0.05, 0.1) is 5.75 Å². The van der Waals surface area contributed by atoms with Crippen LogP contribution in [0.3, 0.4) is 0 Å². The maximum absolute atomic E-state index is 12.0. The van der Waals surface area contributed by atoms with Gasteiger partial charge in [-0.15, -0.1) is 0 Å². The van der Waals surface area contributed by atoms with Gasteiger partial charge >= 0.3 is 0 Å². The second-order valence-electron chi connectivity index (χ2n) is 5.73. The van der Waals surface area contributed by atoms with Gasteiger partial charge in [-0.1, -0.05) is 0 Å². The highest BCUT2D eigenvalue weighted by Crippen LogP contribution is 2.27. The molecule has 2 aliphatic rings. The number of hydrogen-bond acceptors (Lipinski definition) is 4. The molecular weight excluding hydrogens is 280 g/mol. The van der Waals surface area contributed by atoms with Gasteiger partial charge in [0.15, 0.2) is 0 Å². The molecular formula is C13H26N2O2S2. The van der Waals surface area contributed by atoms with E-state index in [1.807, 2.05) is 11.8 Å². The first kappa shape index (κ1) is 15.6. The van der Waals surface area contributed by atoms with Gasteiger partial charge in [-0.3, -0.25) is 0 Å². The van der Waals surface area contributed by atoms with Crippen molar-refractivity contribution >= 4 is 21.8 Å². The van der Waals surface area contributed by atoms with Crippen LogP contribution in [0.25, 0.3) is 0 Å². The number of thioether (sulfide) groups is 1. The van der Waals surface area contributed by atoms with Crippen molar-refractivity contribution in [1.29, 1.82) is 0 Å². The van der Waals surface area contributed by atoms with Crippen LogP contribution in [-0.4, -0.2) is 44.3 Å². The third-order valence-corrected chi connectivity index (χ3v) is 6.61. The lowest BCUT2D eigenvalue weighted by Gasteiger charge is -2.27. The van der Waals surface area contributed by atoms with Crippen LogP contribution < -0.4 is 10.0 Å². The van der Waals surface area contributed by atoms with E-state index in [-0.39, 0.29) is 11.8 Å². The lowest BCUT2D eigenvalue weighted by molar-refractivity contribution is 0.419. The van der Waals surface area contributed by atoms with Crippen molar-refractivity contribution < 1.29 is 8.42 Å². The molecule has 2 fully saturated rings. The van der Waals surface area contributed by atoms with Crippen molar-refractivity contribution in [2.24, 2.45) is 0 Å². The molecule has 0 bridgehead atoms. The van der Waals surface area contributed by atoms with E-state index in [2.05, 4.69) is 16.3 Å². The molecule has 4 nitrogen and oxygen atoms in total. The van der Waals surface area contributed by atoms with E-state index in [4.69, 9.17) is 0 Å². The van der Waals surface area contributed by atoms with Crippen LogP contribution in [0.5, 0.6) is 0 Å². The second kappa shape index (κ2) is 7.29. The molecule has 2 aliphatic carbocycles. The molecule has 19 heavy (non-hydrogen) atoms. The van der Waals surface area contributed by atoms with Crippen molar-refractivity contribution in [3.63, 3.8) is 0 Å². The minimum absolute atomic E-state index is 0.171. The van der Waals surface area contributed by atoms with Crippen molar-refractivity contribution in [2.45, 2.75) is 62.3 Å². The fourth-order valence-corrected chi connectivity index (χ4v) is 4.71. The van der Waals surface area contributed by atoms with Crippen molar-refractivity contribution in [3.05, 3.63) is 0 Å². The summed E-state index contributed by atoms with van der Waals surface area (Å²) in [7, 11) is -3.08. The van der Waals surface area contributed by atoms with Crippen molar-refractivity contribution in [2.75, 3.05) is 18.6 Å². The average molecular weight is 306 g/mol. The number of nitrogens with one attached hydrogen (secondary N) is 2. The van der Waals surface area contributed by atoms with E-state index in [9.17, 15) is 8.42 Å². The zero-order chi connectivity index (χ0) is 13.7. The fourth-order valence-electron chi connectivity index (χ4n) is 2.59. The first-order valence-electron chi connectivity index (χ1n) is 7.35. The molecule has 0 amide bonds. The molecule has 112 valence electrons. The van der Waals surface area contributed by atoms with Crippen molar-refractivity contribution in [3.8, 4) is 0 Å². The average Bonchev–Trinajstić information content (AvgIpc) is 3.19. The Morgan fingerprint density at radius 3 is 2.26 bits per heavy atom. The molecule has 2 rings (SSSR count). The fraction of sp³-hybridized carbons (Fsp3) is 1.00. The van der Waals surface area contributed by atoms with Crippen LogP contribution >= 0.6 is 11.8 Å². The Morgan fingerprint density at radius 1 is 1.05 bits per heavy atom. The summed E-state index contributed by atoms with van der Waals surface area (Å²) in [5, 5.41) is 4.08. The predicted molar refractivity (Wildman–Crippen MR) is 82.1 cm³/mol. The largest absolute Gasteiger partial charge is 0.314 e. The van der Waals surface area contributed by atoms with Gasteiger partial charge in [0.25, 0.3) is 0 Å². The molecule has 0 aromatic carbocycles. The second-order valence-corrected chi connectivity index (χ2v) is 8.74. The lowest BCUT2D eigenvalue weighted by Crippen LogP contribution is -2.39. The molecule has 0 saturated heterocycles. The minimum atomic E-state index is -3.08. The normalized spacial score (nSPS) is 28.5. The van der Waals surface area contributed by atoms with Crippen LogP contribution in [-0.2, 0) is 10.0 Å². The van der Waals surface area contributed by atoms with Crippen LogP contribution in [0, 0.1) is 0 Å². The molecule has 0 aromatic heterocycles. The van der Waals surface area contributed by atoms with Gasteiger partial charge in [-0.25, -0.2) is 13.1 Å². The van der Waals surface area contributed by atoms with E-state index in [1.165, 1.54) is 12.8 Å². The summed E-state index contributed by atoms with van der Waals surface area (Å²) < 4.78 is 26.8. The maximum Gasteiger partial charge on any atom is 0.211 e. The molecule has 2 saturated carbocycles. The quantitative estimate of drug-likeness (QED) is 0.671. The topological polar surface area (TPSA) is 58.2 Å². The molecule has 6 heteroatoms. The van der Waals surface area contributed by atoms with Crippen LogP contribution in [0.1, 0.15) is 44.9 Å². The standard InChI is InChI=1S/C13H26N2O2S2/c1-18-13-7-5-12(6-8-13)15-19(16,17)10-2-9-14-11-3-4-11/h11-15H,2-10H2,1H3. The van der Waals surface area contributed by atoms with Crippen LogP contribution in [0.4, 0.5) is 0 Å². The van der Waals surface area contributed by atoms with E-state index in [0.29, 0.717) is 12.5 Å². The maximum atomic E-state index is 12.0. The molecule has 0 spiro atoms. The molecule has 0 aromatic rings. The van der Waals surface area contributed by atoms with Crippen LogP contribution in [0.15, 0.2) is 0 Å². The van der Waals surface area contributed by atoms with E-state index < -0.39 is 10.0 Å². The molecule has 0 radical (unpaired) electrons. The summed E-state index contributed by atoms with van der Waals surface area (Å²) in [6.45, 7) is 0.824. The Bertz CT molecular complexity index is 361. The summed E-state index contributed by atoms with van der Waals surface area (Å²) >= 11 is 1.91. The summed E-state index contributed by atoms with van der Waals surface area (Å²) in [5.74, 6) is 0.259. The van der Waals surface area contributed by atoms with Gasteiger partial charge in [0.2, 0.25) is 10.0 Å². The predicted octanol–water partition coefficient (Wildman–Crippen LogP) is 1.72. The molecule has 0 aliphatic heterocycles. The third kappa shape index (κ3) is 6.02. The molecule has 0 unspecified atom stereocenters. The molecule has 2 N–H and O–H groups in total. The Kier molecular flexibility index (Phi) is 5.99. The Hall–Kier alpha value is 0.220. The highest BCUT2D eigenvalue weighted by Gasteiger charge is 2.24. The number of hydrogen-bond donors (Lipinski definition) is 2. The highest BCUT2D eigenvalue weighted by molar-refractivity contribution is 7.99. The van der Waals surface area contributed by atoms with Gasteiger partial charge in [-0.2, -0.15) is 11.8 Å². The Labute approximate surface area is 121 Å². The SMILES string of the molecule is CSC1CCC(NS(=O)(=O)CCCNC2CC2)CC1. The van der Waals surface area contributed by atoms with Crippen LogP contribution in [0.2, 0.25) is 0 Å². The number of sulfonamides is 1. The number of rotatable bonds is 8. The van der Waals surface area contributed by atoms with Crippen molar-refractivity contribution in [1.82, 2.24) is 10.0 Å². The first-order chi connectivity index (χ1) is 9.09. The monoisotopic (exact) mass is 306 g/mol. The summed E-state index contributed by atoms with van der Waals surface area (Å²) in [6, 6.07) is 0.835. The van der Waals surface area contributed by atoms with Gasteiger partial charge < -0.3 is 5.32 Å². The summed E-state index contributed by atoms with van der Waals surface area (Å²) in [6.07, 6.45) is 9.62. The van der Waals surface area contributed by atoms with Gasteiger partial charge in [0.1, 0.15) is 0 Å².